The second kappa shape index (κ2) is 15.7. The highest BCUT2D eigenvalue weighted by molar-refractivity contribution is 6.21. The van der Waals surface area contributed by atoms with E-state index >= 15 is 0 Å². The topological polar surface area (TPSA) is 119 Å². The number of Topliss-reactive ketones (excluding diaryl/α,β-unsaturated/α-hetero) is 1. The van der Waals surface area contributed by atoms with Gasteiger partial charge in [0.1, 0.15) is 11.7 Å². The summed E-state index contributed by atoms with van der Waals surface area (Å²) in [6.07, 6.45) is 3.52. The molecule has 11 nitrogen and oxygen atoms in total. The van der Waals surface area contributed by atoms with Crippen molar-refractivity contribution in [3.05, 3.63) is 66.4 Å². The minimum absolute atomic E-state index is 0.0949. The molecule has 2 aliphatic heterocycles. The molecule has 0 unspecified atom stereocenters. The molecule has 0 aliphatic carbocycles. The Bertz CT molecular complexity index is 1480. The van der Waals surface area contributed by atoms with Crippen LogP contribution in [0.1, 0.15) is 59.9 Å². The van der Waals surface area contributed by atoms with Crippen LogP contribution < -0.4 is 20.0 Å². The summed E-state index contributed by atoms with van der Waals surface area (Å²) < 4.78 is 0. The molecule has 45 heavy (non-hydrogen) atoms. The molecule has 0 bridgehead atoms. The molecular weight excluding hydrogens is 570 g/mol. The first-order valence-electron chi connectivity index (χ1n) is 15.2. The van der Waals surface area contributed by atoms with Crippen LogP contribution in [0.3, 0.4) is 0 Å². The van der Waals surface area contributed by atoms with Gasteiger partial charge in [0.25, 0.3) is 5.91 Å². The van der Waals surface area contributed by atoms with Crippen molar-refractivity contribution in [1.82, 2.24) is 14.9 Å². The molecule has 1 aromatic heterocycles. The highest BCUT2D eigenvalue weighted by atomic mass is 16.2. The number of urea groups is 1. The van der Waals surface area contributed by atoms with Crippen LogP contribution >= 0.6 is 0 Å². The van der Waals surface area contributed by atoms with E-state index in [4.69, 9.17) is 4.98 Å². The van der Waals surface area contributed by atoms with Crippen LogP contribution in [0.15, 0.2) is 60.8 Å². The Hall–Kier alpha value is -4.94. The summed E-state index contributed by atoms with van der Waals surface area (Å²) in [6.45, 7) is 19.3. The van der Waals surface area contributed by atoms with E-state index in [1.165, 1.54) is 18.7 Å². The van der Waals surface area contributed by atoms with Gasteiger partial charge in [-0.15, -0.1) is 0 Å². The number of rotatable bonds is 11. The van der Waals surface area contributed by atoms with Gasteiger partial charge in [0.05, 0.1) is 17.9 Å². The summed E-state index contributed by atoms with van der Waals surface area (Å²) in [4.78, 5) is 66.7. The zero-order valence-corrected chi connectivity index (χ0v) is 27.1. The van der Waals surface area contributed by atoms with Crippen molar-refractivity contribution in [1.29, 1.82) is 0 Å². The summed E-state index contributed by atoms with van der Waals surface area (Å²) in [6, 6.07) is 5.74. The third kappa shape index (κ3) is 7.97. The molecule has 1 aromatic carbocycles. The molecule has 11 heteroatoms. The predicted molar refractivity (Wildman–Crippen MR) is 177 cm³/mol. The van der Waals surface area contributed by atoms with E-state index in [1.807, 2.05) is 44.7 Å². The number of carbonyl (C=O) groups is 4. The van der Waals surface area contributed by atoms with Gasteiger partial charge in [-0.25, -0.2) is 14.7 Å². The first kappa shape index (κ1) is 34.5. The van der Waals surface area contributed by atoms with Crippen LogP contribution in [0.2, 0.25) is 0 Å². The molecular formula is C34H43N7O4. The lowest BCUT2D eigenvalue weighted by atomic mass is 10.0. The van der Waals surface area contributed by atoms with Gasteiger partial charge in [0, 0.05) is 32.6 Å². The van der Waals surface area contributed by atoms with Gasteiger partial charge < -0.3 is 20.0 Å². The van der Waals surface area contributed by atoms with Crippen molar-refractivity contribution in [2.75, 3.05) is 39.7 Å². The lowest BCUT2D eigenvalue weighted by molar-refractivity contribution is -0.119. The third-order valence-electron chi connectivity index (χ3n) is 7.73. The Morgan fingerprint density at radius 3 is 2.22 bits per heavy atom. The first-order valence-corrected chi connectivity index (χ1v) is 15.2. The lowest BCUT2D eigenvalue weighted by Crippen LogP contribution is -2.38. The smallest absolute Gasteiger partial charge is 0.332 e. The maximum Gasteiger partial charge on any atom is 0.332 e. The van der Waals surface area contributed by atoms with Crippen LogP contribution in [0, 0.1) is 0 Å². The molecule has 238 valence electrons. The molecule has 4 rings (SSSR count). The number of nitrogens with one attached hydrogen (secondary N) is 1. The van der Waals surface area contributed by atoms with E-state index in [0.717, 1.165) is 12.0 Å². The molecule has 2 aliphatic rings. The van der Waals surface area contributed by atoms with Crippen molar-refractivity contribution in [2.45, 2.75) is 78.9 Å². The molecule has 0 saturated carbocycles. The number of anilines is 4. The number of fused-ring (bicyclic) bond motifs is 1. The summed E-state index contributed by atoms with van der Waals surface area (Å²) in [5.74, 6) is 0.488. The van der Waals surface area contributed by atoms with Gasteiger partial charge in [0.2, 0.25) is 11.9 Å². The average molecular weight is 614 g/mol. The number of hydrogen-bond donors (Lipinski definition) is 1. The second-order valence-electron chi connectivity index (χ2n) is 11.0. The summed E-state index contributed by atoms with van der Waals surface area (Å²) in [5, 5.41) is 3.29. The monoisotopic (exact) mass is 613 g/mol. The maximum absolute atomic E-state index is 12.8. The van der Waals surface area contributed by atoms with E-state index in [9.17, 15) is 19.2 Å². The number of benzene rings is 1. The molecule has 1 N–H and O–H groups in total. The summed E-state index contributed by atoms with van der Waals surface area (Å²) >= 11 is 0. The average Bonchev–Trinajstić information content (AvgIpc) is 3.58. The molecule has 4 amide bonds. The van der Waals surface area contributed by atoms with E-state index in [0.29, 0.717) is 55.6 Å². The van der Waals surface area contributed by atoms with Crippen LogP contribution in [-0.2, 0) is 20.8 Å². The van der Waals surface area contributed by atoms with Crippen LogP contribution in [0.25, 0.3) is 0 Å². The second-order valence-corrected chi connectivity index (χ2v) is 11.0. The zero-order valence-electron chi connectivity index (χ0n) is 27.1. The van der Waals surface area contributed by atoms with Gasteiger partial charge in [-0.3, -0.25) is 14.4 Å². The van der Waals surface area contributed by atoms with Crippen molar-refractivity contribution >= 4 is 46.8 Å². The molecule has 2 atom stereocenters. The van der Waals surface area contributed by atoms with Crippen molar-refractivity contribution < 1.29 is 19.2 Å². The van der Waals surface area contributed by atoms with Crippen molar-refractivity contribution in [3.63, 3.8) is 0 Å². The summed E-state index contributed by atoms with van der Waals surface area (Å²) in [7, 11) is 0. The SMILES string of the molecule is C=C=C=C=C.CCN(CC)c1ncc(N(C(C)=O)C(C)C)c(N[C@@H](Cc2ccc(N3C(=O)[C@H]4CCCN4C3=O)cc2)C(C)=O)n1. The third-order valence-corrected chi connectivity index (χ3v) is 7.73. The van der Waals surface area contributed by atoms with E-state index in [1.54, 1.807) is 28.1 Å². The van der Waals surface area contributed by atoms with E-state index < -0.39 is 6.04 Å². The first-order chi connectivity index (χ1) is 21.5. The number of nitrogens with zero attached hydrogens (tertiary/aromatic N) is 6. The van der Waals surface area contributed by atoms with Gasteiger partial charge in [0.15, 0.2) is 11.6 Å². The standard InChI is InChI=1S/C29H39N7O4.C5H4/c1-7-33(8-2)28-30-17-25(35(18(3)4)20(6)38)26(32-28)31-23(19(5)37)16-21-11-13-22(14-12-21)36-27(39)24-10-9-15-34(24)29(36)40;1-3-5-4-2/h11-14,17-18,23-24H,7-10,15-16H2,1-6H3,(H,30,31,32);1-2H2/t23-,24+;/m0./s1. The fourth-order valence-electron chi connectivity index (χ4n) is 5.52. The van der Waals surface area contributed by atoms with Crippen LogP contribution in [-0.4, -0.2) is 76.3 Å². The summed E-state index contributed by atoms with van der Waals surface area (Å²) in [5.41, 5.74) is 8.96. The number of carbonyl (C=O) groups excluding carboxylic acids is 4. The number of aromatic nitrogens is 2. The quantitative estimate of drug-likeness (QED) is 0.281. The number of amides is 4. The normalized spacial score (nSPS) is 15.8. The van der Waals surface area contributed by atoms with Gasteiger partial charge in [-0.2, -0.15) is 4.98 Å². The Morgan fingerprint density at radius 1 is 1.09 bits per heavy atom. The van der Waals surface area contributed by atoms with Gasteiger partial charge in [-0.05, 0) is 90.5 Å². The van der Waals surface area contributed by atoms with Crippen LogP contribution in [0.5, 0.6) is 0 Å². The zero-order chi connectivity index (χ0) is 33.3. The number of imide groups is 1. The molecule has 0 radical (unpaired) electrons. The largest absolute Gasteiger partial charge is 0.358 e. The Kier molecular flexibility index (Phi) is 12.0. The molecule has 2 fully saturated rings. The van der Waals surface area contributed by atoms with E-state index in [2.05, 4.69) is 40.7 Å². The number of hydrogen-bond acceptors (Lipinski definition) is 8. The Labute approximate surface area is 265 Å². The predicted octanol–water partition coefficient (Wildman–Crippen LogP) is 4.89. The lowest BCUT2D eigenvalue weighted by Gasteiger charge is -2.29. The van der Waals surface area contributed by atoms with Crippen molar-refractivity contribution in [3.8, 4) is 0 Å². The maximum atomic E-state index is 12.8. The minimum Gasteiger partial charge on any atom is -0.358 e. The Morgan fingerprint density at radius 2 is 1.73 bits per heavy atom. The molecule has 2 saturated heterocycles. The highest BCUT2D eigenvalue weighted by Crippen LogP contribution is 2.32. The number of ketones is 1. The molecule has 2 aromatic rings. The van der Waals surface area contributed by atoms with Gasteiger partial charge in [-0.1, -0.05) is 23.6 Å². The fraction of sp³-hybridized carbons (Fsp3) is 0.441. The van der Waals surface area contributed by atoms with Crippen LogP contribution in [0.4, 0.5) is 27.9 Å². The van der Waals surface area contributed by atoms with E-state index in [-0.39, 0.29) is 35.7 Å². The molecule has 0 spiro atoms. The Balaban J connectivity index is 0.00000102. The van der Waals surface area contributed by atoms with Crippen molar-refractivity contribution in [2.24, 2.45) is 0 Å². The van der Waals surface area contributed by atoms with Gasteiger partial charge >= 0.3 is 6.03 Å². The molecule has 3 heterocycles. The fourth-order valence-corrected chi connectivity index (χ4v) is 5.52. The highest BCUT2D eigenvalue weighted by Gasteiger charge is 2.47. The minimum atomic E-state index is -0.634.